The number of nitrogens with zero attached hydrogens (tertiary/aromatic N) is 1. The summed E-state index contributed by atoms with van der Waals surface area (Å²) in [6, 6.07) is 55.9. The van der Waals surface area contributed by atoms with Gasteiger partial charge in [-0.2, -0.15) is 0 Å². The molecule has 0 bridgehead atoms. The van der Waals surface area contributed by atoms with Crippen molar-refractivity contribution >= 4 is 57.8 Å². The van der Waals surface area contributed by atoms with Crippen LogP contribution in [0.4, 0.5) is 11.4 Å². The third-order valence-corrected chi connectivity index (χ3v) is 15.6. The Balaban J connectivity index is 1.32. The number of rotatable bonds is 7. The number of allylic oxidation sites excluding steroid dienone is 2. The normalized spacial score (nSPS) is 15.7. The molecule has 1 unspecified atom stereocenters. The Kier molecular flexibility index (Phi) is 7.53. The molecule has 1 aliphatic heterocycles. The second-order valence-electron chi connectivity index (χ2n) is 11.9. The van der Waals surface area contributed by atoms with Gasteiger partial charge < -0.3 is 14.0 Å². The zero-order chi connectivity index (χ0) is 31.8. The molecular formula is C42H33NO2P2. The number of anilines is 2. The van der Waals surface area contributed by atoms with Crippen LogP contribution >= 0.6 is 14.3 Å². The van der Waals surface area contributed by atoms with Gasteiger partial charge in [-0.3, -0.25) is 0 Å². The highest BCUT2D eigenvalue weighted by atomic mass is 31.2. The quantitative estimate of drug-likeness (QED) is 0.163. The predicted molar refractivity (Wildman–Crippen MR) is 199 cm³/mol. The molecule has 228 valence electrons. The molecule has 0 N–H and O–H groups in total. The molecule has 0 amide bonds. The maximum atomic E-state index is 15.4. The van der Waals surface area contributed by atoms with Gasteiger partial charge in [0.25, 0.3) is 0 Å². The largest absolute Gasteiger partial charge is 0.330 e. The van der Waals surface area contributed by atoms with Crippen LogP contribution in [0, 0.1) is 0 Å². The Labute approximate surface area is 276 Å². The van der Waals surface area contributed by atoms with E-state index in [1.54, 1.807) is 0 Å². The molecule has 3 nitrogen and oxygen atoms in total. The van der Waals surface area contributed by atoms with Gasteiger partial charge in [0.15, 0.2) is 14.3 Å². The maximum absolute atomic E-state index is 15.4. The minimum absolute atomic E-state index is 0.167. The van der Waals surface area contributed by atoms with Crippen molar-refractivity contribution in [3.63, 3.8) is 0 Å². The van der Waals surface area contributed by atoms with Crippen LogP contribution in [-0.4, -0.2) is 6.04 Å². The Morgan fingerprint density at radius 2 is 0.936 bits per heavy atom. The molecule has 1 aliphatic carbocycles. The molecule has 0 aromatic heterocycles. The molecule has 6 aromatic rings. The van der Waals surface area contributed by atoms with Gasteiger partial charge in [-0.15, -0.1) is 0 Å². The maximum Gasteiger partial charge on any atom is 0.171 e. The lowest BCUT2D eigenvalue weighted by atomic mass is 9.97. The van der Waals surface area contributed by atoms with E-state index in [-0.39, 0.29) is 6.04 Å². The number of fused-ring (bicyclic) bond motifs is 3. The van der Waals surface area contributed by atoms with Crippen LogP contribution in [0.3, 0.4) is 0 Å². The van der Waals surface area contributed by atoms with Gasteiger partial charge in [-0.1, -0.05) is 158 Å². The van der Waals surface area contributed by atoms with E-state index < -0.39 is 14.3 Å². The van der Waals surface area contributed by atoms with Crippen LogP contribution < -0.4 is 31.4 Å². The Morgan fingerprint density at radius 3 is 1.43 bits per heavy atom. The minimum Gasteiger partial charge on any atom is -0.330 e. The molecule has 1 atom stereocenters. The lowest BCUT2D eigenvalue weighted by molar-refractivity contribution is 0.589. The number of benzene rings is 6. The molecular weight excluding hydrogens is 612 g/mol. The molecule has 47 heavy (non-hydrogen) atoms. The van der Waals surface area contributed by atoms with Gasteiger partial charge >= 0.3 is 0 Å². The van der Waals surface area contributed by atoms with Crippen LogP contribution in [-0.2, 0) is 9.13 Å². The zero-order valence-corrected chi connectivity index (χ0v) is 27.6. The van der Waals surface area contributed by atoms with Crippen molar-refractivity contribution in [1.29, 1.82) is 0 Å². The summed E-state index contributed by atoms with van der Waals surface area (Å²) in [4.78, 5) is 2.32. The van der Waals surface area contributed by atoms with Crippen molar-refractivity contribution in [2.24, 2.45) is 0 Å². The smallest absolute Gasteiger partial charge is 0.171 e. The lowest BCUT2D eigenvalue weighted by Crippen LogP contribution is -2.29. The molecule has 0 fully saturated rings. The fourth-order valence-corrected chi connectivity index (χ4v) is 12.6. The van der Waals surface area contributed by atoms with E-state index in [4.69, 9.17) is 0 Å². The molecule has 0 radical (unpaired) electrons. The highest BCUT2D eigenvalue weighted by Crippen LogP contribution is 2.58. The lowest BCUT2D eigenvalue weighted by Gasteiger charge is -2.31. The summed E-state index contributed by atoms with van der Waals surface area (Å²) in [6.07, 6.45) is 5.08. The van der Waals surface area contributed by atoms with Crippen molar-refractivity contribution in [2.75, 3.05) is 4.90 Å². The van der Waals surface area contributed by atoms with Crippen LogP contribution in [0.2, 0.25) is 0 Å². The van der Waals surface area contributed by atoms with Gasteiger partial charge in [0.05, 0.1) is 11.7 Å². The Morgan fingerprint density at radius 1 is 0.489 bits per heavy atom. The Hall–Kier alpha value is -4.94. The fraction of sp³-hybridized carbons (Fsp3) is 0.0476. The van der Waals surface area contributed by atoms with Crippen LogP contribution in [0.25, 0.3) is 5.57 Å². The summed E-state index contributed by atoms with van der Waals surface area (Å²) in [7, 11) is -6.33. The van der Waals surface area contributed by atoms with Crippen LogP contribution in [0.1, 0.15) is 12.0 Å². The van der Waals surface area contributed by atoms with Gasteiger partial charge in [0, 0.05) is 37.8 Å². The number of hydrogen-bond donors (Lipinski definition) is 0. The number of para-hydroxylation sites is 1. The summed E-state index contributed by atoms with van der Waals surface area (Å²) < 4.78 is 30.8. The second kappa shape index (κ2) is 12.0. The van der Waals surface area contributed by atoms with E-state index in [1.807, 2.05) is 146 Å². The van der Waals surface area contributed by atoms with Crippen LogP contribution in [0.15, 0.2) is 187 Å². The Bertz CT molecular complexity index is 2130. The van der Waals surface area contributed by atoms with Crippen molar-refractivity contribution in [2.45, 2.75) is 12.5 Å². The van der Waals surface area contributed by atoms with E-state index in [0.717, 1.165) is 48.8 Å². The average molecular weight is 646 g/mol. The van der Waals surface area contributed by atoms with Crippen molar-refractivity contribution in [3.8, 4) is 0 Å². The molecule has 1 heterocycles. The molecule has 0 saturated carbocycles. The third-order valence-electron chi connectivity index (χ3n) is 9.31. The topological polar surface area (TPSA) is 37.4 Å². The van der Waals surface area contributed by atoms with Crippen molar-refractivity contribution < 1.29 is 9.13 Å². The highest BCUT2D eigenvalue weighted by Gasteiger charge is 2.41. The monoisotopic (exact) mass is 645 g/mol. The summed E-state index contributed by atoms with van der Waals surface area (Å²) in [6.45, 7) is 0. The summed E-state index contributed by atoms with van der Waals surface area (Å²) >= 11 is 0. The molecule has 5 heteroatoms. The molecule has 2 aliphatic rings. The summed E-state index contributed by atoms with van der Waals surface area (Å²) in [5.41, 5.74) is 4.32. The van der Waals surface area contributed by atoms with E-state index in [2.05, 4.69) is 41.3 Å². The van der Waals surface area contributed by atoms with Crippen LogP contribution in [0.5, 0.6) is 0 Å². The van der Waals surface area contributed by atoms with E-state index in [0.29, 0.717) is 6.42 Å². The SMILES string of the molecule is O=P(C1=CC2C(=CC1)c1ccc(P(=O)(c3ccccc3)c3ccccc3)cc1N2c1ccccc1)(c1ccccc1)c1ccccc1. The molecule has 8 rings (SSSR count). The highest BCUT2D eigenvalue weighted by molar-refractivity contribution is 7.85. The van der Waals surface area contributed by atoms with E-state index in [1.165, 1.54) is 5.57 Å². The van der Waals surface area contributed by atoms with Crippen molar-refractivity contribution in [3.05, 3.63) is 193 Å². The molecule has 6 aromatic carbocycles. The zero-order valence-electron chi connectivity index (χ0n) is 25.8. The summed E-state index contributed by atoms with van der Waals surface area (Å²) in [5.74, 6) is 0. The second-order valence-corrected chi connectivity index (χ2v) is 17.5. The van der Waals surface area contributed by atoms with E-state index >= 15 is 9.13 Å². The first-order valence-electron chi connectivity index (χ1n) is 15.9. The van der Waals surface area contributed by atoms with Gasteiger partial charge in [-0.25, -0.2) is 0 Å². The minimum atomic E-state index is -3.19. The van der Waals surface area contributed by atoms with E-state index in [9.17, 15) is 0 Å². The molecule has 0 spiro atoms. The third kappa shape index (κ3) is 4.90. The van der Waals surface area contributed by atoms with Gasteiger partial charge in [0.2, 0.25) is 0 Å². The first kappa shape index (κ1) is 29.5. The predicted octanol–water partition coefficient (Wildman–Crippen LogP) is 8.53. The fourth-order valence-electron chi connectivity index (χ4n) is 7.07. The number of hydrogen-bond acceptors (Lipinski definition) is 3. The van der Waals surface area contributed by atoms with Gasteiger partial charge in [0.1, 0.15) is 0 Å². The first-order chi connectivity index (χ1) is 23.1. The van der Waals surface area contributed by atoms with Gasteiger partial charge in [-0.05, 0) is 41.6 Å². The summed E-state index contributed by atoms with van der Waals surface area (Å²) in [5, 5.41) is 5.01. The van der Waals surface area contributed by atoms with Crippen molar-refractivity contribution in [1.82, 2.24) is 0 Å². The molecule has 0 saturated heterocycles. The first-order valence-corrected chi connectivity index (χ1v) is 19.3. The standard InChI is InChI=1S/C42H33NO2P2/c44-46(33-18-8-2-9-19-33,34-20-10-3-11-21-34)37-26-28-39-40-29-27-38(31-42(40)43(41(39)30-37)32-16-6-1-7-17-32)47(45,35-22-12-4-13-23-35)36-24-14-5-15-25-36/h1-26,28-31,42H,27H2. The average Bonchev–Trinajstić information content (AvgIpc) is 3.49.